The second-order valence-corrected chi connectivity index (χ2v) is 19.2. The number of nitrogens with zero attached hydrogens (tertiary/aromatic N) is 3. The lowest BCUT2D eigenvalue weighted by molar-refractivity contribution is -0.143. The highest BCUT2D eigenvalue weighted by molar-refractivity contribution is 6.30. The van der Waals surface area contributed by atoms with Crippen LogP contribution >= 0.6 is 23.2 Å². The van der Waals surface area contributed by atoms with Crippen molar-refractivity contribution in [3.8, 4) is 0 Å². The Morgan fingerprint density at radius 2 is 1.04 bits per heavy atom. The zero-order chi connectivity index (χ0) is 59.9. The van der Waals surface area contributed by atoms with Gasteiger partial charge >= 0.3 is 24.4 Å². The Bertz CT molecular complexity index is 3400. The molecule has 0 fully saturated rings. The lowest BCUT2D eigenvalue weighted by Gasteiger charge is -2.36. The second-order valence-electron chi connectivity index (χ2n) is 18.3. The Morgan fingerprint density at radius 3 is 1.48 bits per heavy atom. The second kappa shape index (κ2) is 27.0. The molecule has 25 heteroatoms. The quantitative estimate of drug-likeness (QED) is 0.0381. The number of hydrogen-bond acceptors (Lipinski definition) is 9. The number of aliphatic imine (C=N–C) groups is 1. The van der Waals surface area contributed by atoms with Gasteiger partial charge in [0.05, 0.1) is 58.2 Å². The molecule has 0 aliphatic carbocycles. The topological polar surface area (TPSA) is 181 Å². The SMILES string of the molecule is COC(=O)C[C@](NC(=O)C(C)(C)C)(c1cc(F)cc(C(F)(F)F)c1)c1ccc(Cl)cn1.O=C(C[C@](NC(=O)Nc1cccc(F)c1)(c1cc(F)cc(C(F)(F)F)c1)c1ccc(Cl)cn1)Nc1ccccc1.O=C=Nc1cccc(F)c1. The van der Waals surface area contributed by atoms with Crippen LogP contribution in [-0.2, 0) is 47.3 Å². The van der Waals surface area contributed by atoms with E-state index in [1.54, 1.807) is 51.1 Å². The summed E-state index contributed by atoms with van der Waals surface area (Å²) < 4.78 is 141. The molecule has 0 saturated heterocycles. The first kappa shape index (κ1) is 63.2. The first-order chi connectivity index (χ1) is 38.0. The van der Waals surface area contributed by atoms with E-state index in [1.807, 2.05) is 0 Å². The molecule has 0 spiro atoms. The van der Waals surface area contributed by atoms with E-state index in [4.69, 9.17) is 27.9 Å². The summed E-state index contributed by atoms with van der Waals surface area (Å²) in [5.74, 6) is -5.74. The van der Waals surface area contributed by atoms with E-state index in [9.17, 15) is 67.9 Å². The van der Waals surface area contributed by atoms with Gasteiger partial charge in [0, 0.05) is 35.2 Å². The van der Waals surface area contributed by atoms with Crippen molar-refractivity contribution in [3.63, 3.8) is 0 Å². The van der Waals surface area contributed by atoms with Gasteiger partial charge in [-0.1, -0.05) is 74.3 Å². The lowest BCUT2D eigenvalue weighted by Crippen LogP contribution is -2.52. The van der Waals surface area contributed by atoms with Crippen molar-refractivity contribution < 1.29 is 72.6 Å². The minimum atomic E-state index is -4.95. The van der Waals surface area contributed by atoms with Crippen LogP contribution in [0.1, 0.15) is 67.3 Å². The van der Waals surface area contributed by atoms with Crippen molar-refractivity contribution in [2.45, 2.75) is 57.0 Å². The molecule has 0 unspecified atom stereocenters. The summed E-state index contributed by atoms with van der Waals surface area (Å²) in [6, 6.07) is 26.3. The minimum absolute atomic E-state index is 0.0134. The van der Waals surface area contributed by atoms with E-state index in [0.717, 1.165) is 43.6 Å². The largest absolute Gasteiger partial charge is 0.469 e. The van der Waals surface area contributed by atoms with E-state index in [0.29, 0.717) is 30.0 Å². The standard InChI is InChI=1S/C28H20ClF5N4O2.C21H21ClF4N2O3.C7H4FNO/c29-19-9-10-24(35-16-19)27(15-25(39)36-22-6-2-1-3-7-22,17-11-18(28(32,33)34)13-21(31)12-17)38-26(40)37-23-8-4-5-20(30)14-23;1-19(2,3)18(30)28-20(10-17(29)31-4,16-6-5-14(22)11-27-16)12-7-13(21(24,25)26)9-15(23)8-12;8-6-2-1-3-7(4-6)9-5-10/h1-14,16H,15H2,(H,36,39)(H2,37,38,40);5-9,11H,10H2,1-4H3,(H,28,30);1-4H/t27-;20-;/m00./s1. The van der Waals surface area contributed by atoms with Gasteiger partial charge in [-0.3, -0.25) is 24.4 Å². The molecule has 7 aromatic rings. The summed E-state index contributed by atoms with van der Waals surface area (Å²) in [6.07, 6.45) is -7.48. The fourth-order valence-corrected chi connectivity index (χ4v) is 7.68. The van der Waals surface area contributed by atoms with Gasteiger partial charge < -0.3 is 26.0 Å². The van der Waals surface area contributed by atoms with E-state index in [2.05, 4.69) is 36.2 Å². The number of esters is 1. The number of anilines is 2. The van der Waals surface area contributed by atoms with Crippen molar-refractivity contribution in [2.75, 3.05) is 17.7 Å². The first-order valence-electron chi connectivity index (χ1n) is 23.4. The van der Waals surface area contributed by atoms with Crippen molar-refractivity contribution in [1.82, 2.24) is 20.6 Å². The Balaban J connectivity index is 0.000000259. The molecule has 5 aromatic carbocycles. The number of halogens is 12. The van der Waals surface area contributed by atoms with Crippen LogP contribution < -0.4 is 21.3 Å². The number of ether oxygens (including phenoxy) is 1. The molecular weight excluding hydrogens is 1130 g/mol. The van der Waals surface area contributed by atoms with Gasteiger partial charge in [-0.25, -0.2) is 27.2 Å². The number of amides is 4. The summed E-state index contributed by atoms with van der Waals surface area (Å²) in [7, 11) is 1.08. The number of isocyanates is 1. The van der Waals surface area contributed by atoms with Crippen LogP contribution in [0, 0.1) is 28.7 Å². The predicted octanol–water partition coefficient (Wildman–Crippen LogP) is 13.8. The fourth-order valence-electron chi connectivity index (χ4n) is 7.46. The Hall–Kier alpha value is -8.66. The molecule has 81 heavy (non-hydrogen) atoms. The molecule has 0 saturated carbocycles. The summed E-state index contributed by atoms with van der Waals surface area (Å²) in [5.41, 5.74) is -7.94. The molecule has 0 radical (unpaired) electrons. The molecule has 424 valence electrons. The number of hydrogen-bond donors (Lipinski definition) is 4. The Morgan fingerprint density at radius 1 is 0.556 bits per heavy atom. The third kappa shape index (κ3) is 17.9. The van der Waals surface area contributed by atoms with E-state index in [1.165, 1.54) is 66.9 Å². The van der Waals surface area contributed by atoms with Crippen molar-refractivity contribution in [2.24, 2.45) is 10.4 Å². The van der Waals surface area contributed by atoms with Gasteiger partial charge in [0.2, 0.25) is 17.9 Å². The predicted molar refractivity (Wildman–Crippen MR) is 280 cm³/mol. The molecule has 2 atom stereocenters. The van der Waals surface area contributed by atoms with Gasteiger partial charge in [0.1, 0.15) is 34.3 Å². The maximum absolute atomic E-state index is 14.7. The Kier molecular flexibility index (Phi) is 21.1. The lowest BCUT2D eigenvalue weighted by atomic mass is 9.80. The fraction of sp³-hybridized carbons (Fsp3) is 0.196. The van der Waals surface area contributed by atoms with Gasteiger partial charge in [0.15, 0.2) is 0 Å². The van der Waals surface area contributed by atoms with Gasteiger partial charge in [-0.2, -0.15) is 31.3 Å². The molecule has 7 rings (SSSR count). The van der Waals surface area contributed by atoms with Crippen molar-refractivity contribution in [1.29, 1.82) is 0 Å². The highest BCUT2D eigenvalue weighted by atomic mass is 35.5. The third-order valence-electron chi connectivity index (χ3n) is 11.3. The molecule has 4 amide bonds. The number of alkyl halides is 6. The van der Waals surface area contributed by atoms with Crippen LogP contribution in [0.25, 0.3) is 0 Å². The number of nitrogens with one attached hydrogen (secondary N) is 4. The number of aromatic nitrogens is 2. The number of urea groups is 1. The molecular formula is C56H45Cl2F10N7O6. The average Bonchev–Trinajstić information content (AvgIpc) is 3.44. The van der Waals surface area contributed by atoms with Gasteiger partial charge in [-0.15, -0.1) is 0 Å². The number of para-hydroxylation sites is 1. The maximum atomic E-state index is 14.7. The molecule has 0 aliphatic heterocycles. The van der Waals surface area contributed by atoms with Crippen molar-refractivity contribution >= 4 is 70.2 Å². The zero-order valence-electron chi connectivity index (χ0n) is 42.7. The highest BCUT2D eigenvalue weighted by Gasteiger charge is 2.45. The smallest absolute Gasteiger partial charge is 0.416 e. The number of pyridine rings is 2. The van der Waals surface area contributed by atoms with Gasteiger partial charge in [-0.05, 0) is 114 Å². The van der Waals surface area contributed by atoms with Crippen molar-refractivity contribution in [3.05, 3.63) is 219 Å². The molecule has 2 aromatic heterocycles. The Labute approximate surface area is 465 Å². The summed E-state index contributed by atoms with van der Waals surface area (Å²) >= 11 is 11.9. The number of benzene rings is 5. The summed E-state index contributed by atoms with van der Waals surface area (Å²) in [5, 5.41) is 10.5. The number of rotatable bonds is 13. The minimum Gasteiger partial charge on any atom is -0.469 e. The monoisotopic (exact) mass is 1170 g/mol. The molecule has 0 bridgehead atoms. The van der Waals surface area contributed by atoms with Crippen LogP contribution in [0.3, 0.4) is 0 Å². The van der Waals surface area contributed by atoms with Crippen LogP contribution in [0.4, 0.5) is 65.8 Å². The van der Waals surface area contributed by atoms with Crippen LogP contribution in [0.5, 0.6) is 0 Å². The van der Waals surface area contributed by atoms with Crippen LogP contribution in [-0.4, -0.2) is 47.0 Å². The number of carbonyl (C=O) groups excluding carboxylic acids is 5. The van der Waals surface area contributed by atoms with E-state index in [-0.39, 0.29) is 38.4 Å². The molecule has 0 aliphatic rings. The van der Waals surface area contributed by atoms with Gasteiger partial charge in [0.25, 0.3) is 0 Å². The highest BCUT2D eigenvalue weighted by Crippen LogP contribution is 2.40. The van der Waals surface area contributed by atoms with Crippen LogP contribution in [0.15, 0.2) is 157 Å². The maximum Gasteiger partial charge on any atom is 0.416 e. The third-order valence-corrected chi connectivity index (χ3v) is 11.7. The molecule has 2 heterocycles. The number of carbonyl (C=O) groups is 4. The summed E-state index contributed by atoms with van der Waals surface area (Å²) in [6.45, 7) is 4.73. The molecule has 13 nitrogen and oxygen atoms in total. The van der Waals surface area contributed by atoms with E-state index < -0.39 is 105 Å². The summed E-state index contributed by atoms with van der Waals surface area (Å²) in [4.78, 5) is 72.9. The van der Waals surface area contributed by atoms with Crippen LogP contribution in [0.2, 0.25) is 10.0 Å². The molecule has 4 N–H and O–H groups in total. The number of methoxy groups -OCH3 is 1. The normalized spacial score (nSPS) is 12.7. The zero-order valence-corrected chi connectivity index (χ0v) is 44.2. The first-order valence-corrected chi connectivity index (χ1v) is 24.1. The average molecular weight is 1170 g/mol. The van der Waals surface area contributed by atoms with E-state index >= 15 is 0 Å².